The molecule has 3 aromatic carbocycles. The predicted molar refractivity (Wildman–Crippen MR) is 113 cm³/mol. The van der Waals surface area contributed by atoms with Crippen LogP contribution >= 0.6 is 11.8 Å². The molecule has 0 aromatic heterocycles. The lowest BCUT2D eigenvalue weighted by Gasteiger charge is -2.21. The highest BCUT2D eigenvalue weighted by atomic mass is 32.2. The summed E-state index contributed by atoms with van der Waals surface area (Å²) in [6.45, 7) is 2.15. The van der Waals surface area contributed by atoms with Crippen molar-refractivity contribution < 1.29 is 0 Å². The third-order valence-corrected chi connectivity index (χ3v) is 4.95. The Morgan fingerprint density at radius 1 is 0.808 bits per heavy atom. The van der Waals surface area contributed by atoms with Gasteiger partial charge in [0.15, 0.2) is 5.84 Å². The highest BCUT2D eigenvalue weighted by Gasteiger charge is 2.21. The van der Waals surface area contributed by atoms with Crippen LogP contribution in [-0.2, 0) is 0 Å². The van der Waals surface area contributed by atoms with Gasteiger partial charge in [-0.05, 0) is 24.0 Å². The van der Waals surface area contributed by atoms with E-state index in [1.54, 1.807) is 11.8 Å². The van der Waals surface area contributed by atoms with Gasteiger partial charge >= 0.3 is 0 Å². The van der Waals surface area contributed by atoms with Crippen LogP contribution in [0, 0.1) is 0 Å². The number of fused-ring (bicyclic) bond motifs is 1. The number of amidine groups is 1. The van der Waals surface area contributed by atoms with E-state index in [2.05, 4.69) is 49.4 Å². The first-order valence-corrected chi connectivity index (χ1v) is 9.65. The minimum absolute atomic E-state index is 0.724. The molecule has 0 atom stereocenters. The molecule has 0 saturated heterocycles. The second-order valence-electron chi connectivity index (χ2n) is 5.80. The summed E-state index contributed by atoms with van der Waals surface area (Å²) in [6.07, 6.45) is 0. The third kappa shape index (κ3) is 3.28. The van der Waals surface area contributed by atoms with Crippen LogP contribution < -0.4 is 5.01 Å². The first-order chi connectivity index (χ1) is 12.9. The Morgan fingerprint density at radius 3 is 2.19 bits per heavy atom. The molecule has 0 bridgehead atoms. The molecule has 4 heteroatoms. The first-order valence-electron chi connectivity index (χ1n) is 8.67. The summed E-state index contributed by atoms with van der Waals surface area (Å²) in [7, 11) is 0. The van der Waals surface area contributed by atoms with Crippen molar-refractivity contribution in [3.63, 3.8) is 0 Å². The fourth-order valence-electron chi connectivity index (χ4n) is 2.89. The Bertz CT molecular complexity index is 949. The van der Waals surface area contributed by atoms with Gasteiger partial charge in [0.2, 0.25) is 0 Å². The lowest BCUT2D eigenvalue weighted by Crippen LogP contribution is -2.12. The first kappa shape index (κ1) is 16.6. The number of thioether (sulfide) groups is 1. The largest absolute Gasteiger partial charge is 0.231 e. The molecule has 0 spiro atoms. The van der Waals surface area contributed by atoms with Crippen LogP contribution in [0.2, 0.25) is 0 Å². The molecule has 1 aliphatic rings. The van der Waals surface area contributed by atoms with Gasteiger partial charge in [0.05, 0.1) is 11.4 Å². The maximum atomic E-state index is 4.94. The van der Waals surface area contributed by atoms with E-state index >= 15 is 0 Å². The summed E-state index contributed by atoms with van der Waals surface area (Å²) >= 11 is 1.75. The molecule has 26 heavy (non-hydrogen) atoms. The maximum Gasteiger partial charge on any atom is 0.181 e. The number of anilines is 2. The molecule has 128 valence electrons. The Kier molecular flexibility index (Phi) is 4.84. The molecule has 0 aliphatic carbocycles. The number of para-hydroxylation sites is 2. The van der Waals surface area contributed by atoms with Gasteiger partial charge in [-0.1, -0.05) is 73.7 Å². The highest BCUT2D eigenvalue weighted by molar-refractivity contribution is 8.14. The molecule has 0 unspecified atom stereocenters. The Balaban J connectivity index is 1.94. The number of nitrogens with zero attached hydrogens (tertiary/aromatic N) is 3. The van der Waals surface area contributed by atoms with Crippen LogP contribution in [0.4, 0.5) is 11.4 Å². The van der Waals surface area contributed by atoms with Gasteiger partial charge in [0.1, 0.15) is 5.04 Å². The molecule has 0 saturated carbocycles. The Labute approximate surface area is 158 Å². The lowest BCUT2D eigenvalue weighted by atomic mass is 10.1. The van der Waals surface area contributed by atoms with Gasteiger partial charge in [0.25, 0.3) is 0 Å². The van der Waals surface area contributed by atoms with E-state index in [0.717, 1.165) is 39.1 Å². The summed E-state index contributed by atoms with van der Waals surface area (Å²) in [4.78, 5) is 4.94. The van der Waals surface area contributed by atoms with Crippen molar-refractivity contribution in [3.8, 4) is 0 Å². The molecule has 0 fully saturated rings. The molecule has 0 N–H and O–H groups in total. The molecule has 0 amide bonds. The minimum atomic E-state index is 0.724. The zero-order valence-corrected chi connectivity index (χ0v) is 15.4. The molecule has 0 radical (unpaired) electrons. The van der Waals surface area contributed by atoms with Crippen LogP contribution in [0.15, 0.2) is 95.0 Å². The summed E-state index contributed by atoms with van der Waals surface area (Å²) in [5, 5.41) is 7.93. The zero-order chi connectivity index (χ0) is 17.8. The van der Waals surface area contributed by atoms with E-state index < -0.39 is 0 Å². The van der Waals surface area contributed by atoms with Crippen LogP contribution in [0.5, 0.6) is 0 Å². The maximum absolute atomic E-state index is 4.94. The van der Waals surface area contributed by atoms with Crippen LogP contribution in [0.3, 0.4) is 0 Å². The summed E-state index contributed by atoms with van der Waals surface area (Å²) in [5.74, 6) is 1.68. The van der Waals surface area contributed by atoms with E-state index in [9.17, 15) is 0 Å². The highest BCUT2D eigenvalue weighted by Crippen LogP contribution is 2.34. The second kappa shape index (κ2) is 7.58. The normalized spacial score (nSPS) is 13.5. The van der Waals surface area contributed by atoms with Crippen molar-refractivity contribution in [2.24, 2.45) is 10.1 Å². The lowest BCUT2D eigenvalue weighted by molar-refractivity contribution is 1.08. The number of hydrogen-bond acceptors (Lipinski definition) is 4. The average Bonchev–Trinajstić information content (AvgIpc) is 2.87. The van der Waals surface area contributed by atoms with Crippen molar-refractivity contribution in [2.75, 3.05) is 10.8 Å². The van der Waals surface area contributed by atoms with E-state index in [1.165, 1.54) is 0 Å². The number of aliphatic imine (C=N–C) groups is 1. The molecule has 4 rings (SSSR count). The van der Waals surface area contributed by atoms with E-state index in [1.807, 2.05) is 47.5 Å². The van der Waals surface area contributed by atoms with Crippen molar-refractivity contribution >= 4 is 34.0 Å². The van der Waals surface area contributed by atoms with Gasteiger partial charge in [0, 0.05) is 11.1 Å². The van der Waals surface area contributed by atoms with Crippen molar-refractivity contribution in [3.05, 3.63) is 96.1 Å². The average molecular weight is 357 g/mol. The zero-order valence-electron chi connectivity index (χ0n) is 14.5. The Hall–Kier alpha value is -2.85. The molecule has 1 aliphatic heterocycles. The number of hydrazone groups is 1. The summed E-state index contributed by atoms with van der Waals surface area (Å²) < 4.78 is 0. The van der Waals surface area contributed by atoms with Crippen LogP contribution in [0.1, 0.15) is 18.1 Å². The monoisotopic (exact) mass is 357 g/mol. The predicted octanol–water partition coefficient (Wildman–Crippen LogP) is 5.70. The number of hydrogen-bond donors (Lipinski definition) is 0. The van der Waals surface area contributed by atoms with Crippen LogP contribution in [-0.4, -0.2) is 16.6 Å². The van der Waals surface area contributed by atoms with E-state index in [0.29, 0.717) is 0 Å². The van der Waals surface area contributed by atoms with Crippen LogP contribution in [0.25, 0.3) is 0 Å². The molecule has 3 nitrogen and oxygen atoms in total. The molecule has 3 aromatic rings. The number of rotatable bonds is 3. The molecular formula is C22H19N3S. The van der Waals surface area contributed by atoms with Crippen molar-refractivity contribution in [1.82, 2.24) is 0 Å². The van der Waals surface area contributed by atoms with Gasteiger partial charge in [-0.3, -0.25) is 0 Å². The number of benzene rings is 3. The van der Waals surface area contributed by atoms with Crippen molar-refractivity contribution in [2.45, 2.75) is 6.92 Å². The SMILES string of the molecule is CCSC1=NC(c2ccccc2)=NN(c2ccccc2)c2ccccc21. The van der Waals surface area contributed by atoms with Gasteiger partial charge in [-0.2, -0.15) is 0 Å². The standard InChI is InChI=1S/C22H19N3S/c1-2-26-22-19-15-9-10-16-20(19)25(18-13-7-4-8-14-18)24-21(23-22)17-11-5-3-6-12-17/h3-16H,2H2,1H3. The summed E-state index contributed by atoms with van der Waals surface area (Å²) in [6, 6.07) is 28.7. The molecule has 1 heterocycles. The topological polar surface area (TPSA) is 28.0 Å². The quantitative estimate of drug-likeness (QED) is 0.601. The van der Waals surface area contributed by atoms with Gasteiger partial charge in [-0.15, -0.1) is 16.9 Å². The van der Waals surface area contributed by atoms with E-state index in [4.69, 9.17) is 10.1 Å². The van der Waals surface area contributed by atoms with E-state index in [-0.39, 0.29) is 0 Å². The minimum Gasteiger partial charge on any atom is -0.231 e. The summed E-state index contributed by atoms with van der Waals surface area (Å²) in [5.41, 5.74) is 4.18. The smallest absolute Gasteiger partial charge is 0.181 e. The molecular weight excluding hydrogens is 338 g/mol. The third-order valence-electron chi connectivity index (χ3n) is 4.08. The Morgan fingerprint density at radius 2 is 1.46 bits per heavy atom. The second-order valence-corrected chi connectivity index (χ2v) is 7.06. The van der Waals surface area contributed by atoms with Gasteiger partial charge in [-0.25, -0.2) is 10.0 Å². The fraction of sp³-hybridized carbons (Fsp3) is 0.0909. The van der Waals surface area contributed by atoms with Crippen molar-refractivity contribution in [1.29, 1.82) is 0 Å². The fourth-order valence-corrected chi connectivity index (χ4v) is 3.64. The van der Waals surface area contributed by atoms with Gasteiger partial charge < -0.3 is 0 Å².